The van der Waals surface area contributed by atoms with E-state index in [0.29, 0.717) is 31.1 Å². The van der Waals surface area contributed by atoms with Crippen molar-refractivity contribution < 1.29 is 31.0 Å². The first-order chi connectivity index (χ1) is 27.3. The molecule has 0 heterocycles. The van der Waals surface area contributed by atoms with E-state index in [1.165, 1.54) is 12.1 Å². The van der Waals surface area contributed by atoms with Crippen molar-refractivity contribution in [1.29, 1.82) is 0 Å². The molecular formula is C46H48N3O6S2+. The second-order valence-electron chi connectivity index (χ2n) is 13.6. The van der Waals surface area contributed by atoms with Gasteiger partial charge in [-0.1, -0.05) is 48.5 Å². The molecule has 0 saturated carbocycles. The van der Waals surface area contributed by atoms with E-state index in [4.69, 9.17) is 4.74 Å². The summed E-state index contributed by atoms with van der Waals surface area (Å²) in [4.78, 5) is 2.40. The Kier molecular flexibility index (Phi) is 13.0. The maximum atomic E-state index is 12.2. The Balaban J connectivity index is 1.32. The maximum Gasteiger partial charge on any atom is 0.294 e. The van der Waals surface area contributed by atoms with Crippen LogP contribution in [0.15, 0.2) is 161 Å². The summed E-state index contributed by atoms with van der Waals surface area (Å²) < 4.78 is 63.1. The van der Waals surface area contributed by atoms with Gasteiger partial charge >= 0.3 is 0 Å². The Labute approximate surface area is 336 Å². The highest BCUT2D eigenvalue weighted by Gasteiger charge is 2.18. The second kappa shape index (κ2) is 18.0. The van der Waals surface area contributed by atoms with Gasteiger partial charge in [-0.3, -0.25) is 4.55 Å². The van der Waals surface area contributed by atoms with Crippen molar-refractivity contribution >= 4 is 54.1 Å². The van der Waals surface area contributed by atoms with Gasteiger partial charge in [0.05, 0.1) is 16.4 Å². The number of benzene rings is 5. The van der Waals surface area contributed by atoms with Crippen LogP contribution in [-0.4, -0.2) is 57.6 Å². The lowest BCUT2D eigenvalue weighted by Crippen LogP contribution is -2.22. The Hall–Kier alpha value is -5.72. The van der Waals surface area contributed by atoms with E-state index < -0.39 is 19.9 Å². The number of hydrogen-bond acceptors (Lipinski definition) is 6. The van der Waals surface area contributed by atoms with E-state index in [0.717, 1.165) is 68.5 Å². The molecule has 11 heteroatoms. The molecule has 6 rings (SSSR count). The SMILES string of the molecule is C=S(=O)(O)c1cccc(CN(CC)c2ccc(C(=C3C=CC(=[N+](CC)Cc4cccc(S(=O)(=O)O)c4)C=C3)c3ccc(Nc4ccc(OCC)cc4)cc3)cc2)c1. The van der Waals surface area contributed by atoms with Crippen LogP contribution in [0.25, 0.3) is 5.57 Å². The lowest BCUT2D eigenvalue weighted by atomic mass is 9.90. The summed E-state index contributed by atoms with van der Waals surface area (Å²) in [6.07, 6.45) is 8.36. The minimum Gasteiger partial charge on any atom is -0.494 e. The highest BCUT2D eigenvalue weighted by Crippen LogP contribution is 2.33. The van der Waals surface area contributed by atoms with Gasteiger partial charge in [0.25, 0.3) is 10.1 Å². The number of rotatable bonds is 15. The highest BCUT2D eigenvalue weighted by atomic mass is 32.2. The Morgan fingerprint density at radius 3 is 1.84 bits per heavy atom. The zero-order chi connectivity index (χ0) is 40.6. The molecular weight excluding hydrogens is 755 g/mol. The fourth-order valence-corrected chi connectivity index (χ4v) is 7.90. The van der Waals surface area contributed by atoms with Gasteiger partial charge in [0.2, 0.25) is 0 Å². The Morgan fingerprint density at radius 1 is 0.719 bits per heavy atom. The van der Waals surface area contributed by atoms with Crippen LogP contribution in [0.5, 0.6) is 5.75 Å². The molecule has 5 aromatic rings. The van der Waals surface area contributed by atoms with Crippen molar-refractivity contribution in [2.75, 3.05) is 29.9 Å². The average Bonchev–Trinajstić information content (AvgIpc) is 3.21. The molecule has 0 bridgehead atoms. The molecule has 1 atom stereocenters. The molecule has 1 unspecified atom stereocenters. The molecule has 57 heavy (non-hydrogen) atoms. The summed E-state index contributed by atoms with van der Waals surface area (Å²) in [6.45, 7) is 9.15. The van der Waals surface area contributed by atoms with E-state index in [1.54, 1.807) is 24.3 Å². The predicted molar refractivity (Wildman–Crippen MR) is 233 cm³/mol. The van der Waals surface area contributed by atoms with Gasteiger partial charge in [0.1, 0.15) is 22.1 Å². The summed E-state index contributed by atoms with van der Waals surface area (Å²) in [5, 5.41) is 3.48. The molecule has 294 valence electrons. The van der Waals surface area contributed by atoms with E-state index in [-0.39, 0.29) is 4.90 Å². The van der Waals surface area contributed by atoms with Gasteiger partial charge in [-0.15, -0.1) is 0 Å². The van der Waals surface area contributed by atoms with Crippen LogP contribution in [0.2, 0.25) is 0 Å². The number of nitrogens with zero attached hydrogens (tertiary/aromatic N) is 2. The predicted octanol–water partition coefficient (Wildman–Crippen LogP) is 9.25. The smallest absolute Gasteiger partial charge is 0.294 e. The fraction of sp³-hybridized carbons (Fsp3) is 0.174. The van der Waals surface area contributed by atoms with Gasteiger partial charge < -0.3 is 19.5 Å². The van der Waals surface area contributed by atoms with Crippen LogP contribution in [0.4, 0.5) is 17.1 Å². The molecule has 0 radical (unpaired) electrons. The Morgan fingerprint density at radius 2 is 1.28 bits per heavy atom. The standard InChI is InChI=1S/C46H47N3O6S2/c1-5-48(32-34-10-8-12-44(30-34)56(4,50)51)41-24-16-37(17-25-41)46(36-14-20-39(21-15-36)47-40-22-28-43(29-23-40)55-7-3)38-18-26-42(27-19-38)49(6-2)33-35-11-9-13-45(31-35)57(52,53)54/h8-31H,4-7,32-33H2,1-3H3,(H2,50,51,52,53,54)/p+1. The zero-order valence-electron chi connectivity index (χ0n) is 32.3. The maximum absolute atomic E-state index is 12.2. The number of hydrogen-bond donors (Lipinski definition) is 3. The van der Waals surface area contributed by atoms with Crippen molar-refractivity contribution in [3.8, 4) is 5.75 Å². The van der Waals surface area contributed by atoms with Crippen LogP contribution < -0.4 is 15.0 Å². The number of nitrogens with one attached hydrogen (secondary N) is 1. The van der Waals surface area contributed by atoms with Crippen molar-refractivity contribution in [2.45, 2.75) is 43.7 Å². The number of ether oxygens (including phenoxy) is 1. The highest BCUT2D eigenvalue weighted by molar-refractivity contribution is 7.95. The topological polar surface area (TPSA) is 119 Å². The van der Waals surface area contributed by atoms with Crippen LogP contribution in [-0.2, 0) is 33.0 Å². The summed E-state index contributed by atoms with van der Waals surface area (Å²) >= 11 is 0. The van der Waals surface area contributed by atoms with Gasteiger partial charge in [0.15, 0.2) is 12.3 Å². The molecule has 0 aliphatic heterocycles. The molecule has 3 N–H and O–H groups in total. The van der Waals surface area contributed by atoms with Gasteiger partial charge in [0, 0.05) is 47.9 Å². The molecule has 1 aliphatic carbocycles. The monoisotopic (exact) mass is 802 g/mol. The second-order valence-corrected chi connectivity index (χ2v) is 16.7. The summed E-state index contributed by atoms with van der Waals surface area (Å²) in [5.41, 5.74) is 9.72. The molecule has 0 fully saturated rings. The minimum absolute atomic E-state index is 0.124. The zero-order valence-corrected chi connectivity index (χ0v) is 34.0. The van der Waals surface area contributed by atoms with E-state index in [2.05, 4.69) is 100 Å². The van der Waals surface area contributed by atoms with Crippen molar-refractivity contribution in [1.82, 2.24) is 0 Å². The van der Waals surface area contributed by atoms with Gasteiger partial charge in [-0.25, -0.2) is 8.78 Å². The van der Waals surface area contributed by atoms with Gasteiger partial charge in [-0.2, -0.15) is 8.42 Å². The third-order valence-electron chi connectivity index (χ3n) is 9.64. The molecule has 0 amide bonds. The van der Waals surface area contributed by atoms with Crippen molar-refractivity contribution in [2.24, 2.45) is 0 Å². The summed E-state index contributed by atoms with van der Waals surface area (Å²) in [7, 11) is -7.62. The van der Waals surface area contributed by atoms with Crippen molar-refractivity contribution in [3.05, 3.63) is 173 Å². The van der Waals surface area contributed by atoms with Crippen LogP contribution >= 0.6 is 0 Å². The van der Waals surface area contributed by atoms with Crippen LogP contribution in [0.1, 0.15) is 43.0 Å². The van der Waals surface area contributed by atoms with Crippen molar-refractivity contribution in [3.63, 3.8) is 0 Å². The first-order valence-corrected chi connectivity index (χ1v) is 21.9. The summed E-state index contributed by atoms with van der Waals surface area (Å²) in [6, 6.07) is 38.2. The molecule has 0 spiro atoms. The molecule has 5 aromatic carbocycles. The van der Waals surface area contributed by atoms with E-state index >= 15 is 0 Å². The lowest BCUT2D eigenvalue weighted by Gasteiger charge is -2.24. The van der Waals surface area contributed by atoms with E-state index in [9.17, 15) is 21.7 Å². The Bertz CT molecular complexity index is 2540. The first-order valence-electron chi connectivity index (χ1n) is 18.8. The van der Waals surface area contributed by atoms with E-state index in [1.807, 2.05) is 50.2 Å². The minimum atomic E-state index is -4.31. The third kappa shape index (κ3) is 10.6. The van der Waals surface area contributed by atoms with Gasteiger partial charge in [-0.05, 0) is 139 Å². The molecule has 0 aromatic heterocycles. The summed E-state index contributed by atoms with van der Waals surface area (Å²) in [5.74, 6) is 4.25. The third-order valence-corrected chi connectivity index (χ3v) is 11.5. The fourth-order valence-electron chi connectivity index (χ4n) is 6.72. The molecule has 0 saturated heterocycles. The van der Waals surface area contributed by atoms with Crippen LogP contribution in [0, 0.1) is 0 Å². The molecule has 1 aliphatic rings. The number of anilines is 3. The lowest BCUT2D eigenvalue weighted by molar-refractivity contribution is -0.539. The van der Waals surface area contributed by atoms with Crippen LogP contribution in [0.3, 0.4) is 0 Å². The first kappa shape index (κ1) is 40.9. The largest absolute Gasteiger partial charge is 0.494 e. The number of allylic oxidation sites excluding steroid dienone is 5. The average molecular weight is 803 g/mol. The quantitative estimate of drug-likeness (QED) is 0.0545. The molecule has 9 nitrogen and oxygen atoms in total. The normalized spacial score (nSPS) is 13.6.